The Morgan fingerprint density at radius 1 is 1.26 bits per heavy atom. The molecule has 2 aromatic carbocycles. The van der Waals surface area contributed by atoms with Crippen molar-refractivity contribution < 1.29 is 18.7 Å². The van der Waals surface area contributed by atoms with Crippen molar-refractivity contribution in [2.75, 3.05) is 50.1 Å². The zero-order chi connectivity index (χ0) is 24.6. The number of anilines is 3. The second-order valence-corrected chi connectivity index (χ2v) is 8.39. The van der Waals surface area contributed by atoms with Crippen molar-refractivity contribution in [1.82, 2.24) is 14.9 Å². The van der Waals surface area contributed by atoms with Gasteiger partial charge in [-0.15, -0.1) is 0 Å². The van der Waals surface area contributed by atoms with Crippen molar-refractivity contribution in [3.8, 4) is 5.75 Å². The molecule has 0 atom stereocenters. The Hall–Kier alpha value is -3.27. The Labute approximate surface area is 208 Å². The van der Waals surface area contributed by atoms with E-state index in [1.54, 1.807) is 31.2 Å². The molecule has 0 aliphatic carbocycles. The molecule has 184 valence electrons. The third-order valence-electron chi connectivity index (χ3n) is 5.47. The van der Waals surface area contributed by atoms with Gasteiger partial charge in [-0.3, -0.25) is 9.69 Å². The summed E-state index contributed by atoms with van der Waals surface area (Å²) in [4.78, 5) is 23.3. The van der Waals surface area contributed by atoms with Gasteiger partial charge in [-0.2, -0.15) is 0 Å². The molecule has 1 aliphatic rings. The van der Waals surface area contributed by atoms with Crippen LogP contribution in [-0.4, -0.2) is 60.2 Å². The molecule has 1 amide bonds. The number of nitrogens with zero attached hydrogens (tertiary/aromatic N) is 3. The third kappa shape index (κ3) is 6.66. The topological polar surface area (TPSA) is 88.6 Å². The van der Waals surface area contributed by atoms with E-state index < -0.39 is 5.82 Å². The van der Waals surface area contributed by atoms with Crippen LogP contribution in [0.2, 0.25) is 5.02 Å². The molecule has 0 unspecified atom stereocenters. The number of hydrogen-bond donors (Lipinski definition) is 2. The number of nitrogens with one attached hydrogen (secondary N) is 2. The number of aromatic nitrogens is 2. The lowest BCUT2D eigenvalue weighted by Gasteiger charge is -2.26. The smallest absolute Gasteiger partial charge is 0.248 e. The van der Waals surface area contributed by atoms with Crippen molar-refractivity contribution in [2.45, 2.75) is 13.3 Å². The molecule has 0 bridgehead atoms. The molecule has 35 heavy (non-hydrogen) atoms. The third-order valence-corrected chi connectivity index (χ3v) is 5.76. The highest BCUT2D eigenvalue weighted by atomic mass is 35.5. The largest absolute Gasteiger partial charge is 0.491 e. The highest BCUT2D eigenvalue weighted by Gasteiger charge is 2.14. The van der Waals surface area contributed by atoms with Crippen molar-refractivity contribution in [2.24, 2.45) is 0 Å². The van der Waals surface area contributed by atoms with Gasteiger partial charge in [0.05, 0.1) is 36.0 Å². The molecule has 0 radical (unpaired) electrons. The van der Waals surface area contributed by atoms with Gasteiger partial charge >= 0.3 is 0 Å². The van der Waals surface area contributed by atoms with Gasteiger partial charge in [0.15, 0.2) is 0 Å². The highest BCUT2D eigenvalue weighted by Crippen LogP contribution is 2.34. The minimum Gasteiger partial charge on any atom is -0.491 e. The van der Waals surface area contributed by atoms with Crippen LogP contribution < -0.4 is 15.4 Å². The lowest BCUT2D eigenvalue weighted by Crippen LogP contribution is -2.37. The summed E-state index contributed by atoms with van der Waals surface area (Å²) < 4.78 is 25.0. The molecule has 1 aromatic heterocycles. The summed E-state index contributed by atoms with van der Waals surface area (Å²) in [5, 5.41) is 6.67. The van der Waals surface area contributed by atoms with Crippen LogP contribution in [0.1, 0.15) is 13.3 Å². The molecule has 3 aromatic rings. The van der Waals surface area contributed by atoms with Gasteiger partial charge in [-0.25, -0.2) is 14.4 Å². The van der Waals surface area contributed by atoms with Crippen LogP contribution in [0.3, 0.4) is 0 Å². The summed E-state index contributed by atoms with van der Waals surface area (Å²) in [5.74, 6) is 0.223. The summed E-state index contributed by atoms with van der Waals surface area (Å²) in [6, 6.07) is 7.86. The summed E-state index contributed by atoms with van der Waals surface area (Å²) in [7, 11) is 0. The first-order chi connectivity index (χ1) is 17.0. The van der Waals surface area contributed by atoms with E-state index in [1.807, 2.05) is 0 Å². The van der Waals surface area contributed by atoms with E-state index in [4.69, 9.17) is 21.1 Å². The zero-order valence-electron chi connectivity index (χ0n) is 19.4. The number of carbonyl (C=O) groups excluding carboxylic acids is 1. The number of morpholine rings is 1. The van der Waals surface area contributed by atoms with Gasteiger partial charge in [0.1, 0.15) is 23.7 Å². The first kappa shape index (κ1) is 24.8. The summed E-state index contributed by atoms with van der Waals surface area (Å²) in [5.41, 5.74) is 1.70. The SMILES string of the molecule is CC=CC(=O)Nc1cc2c(Nc3ccc(F)c(Cl)c3)ncnc2cc1OCCCN1CCOCC1. The molecular weight excluding hydrogens is 473 g/mol. The number of carbonyl (C=O) groups is 1. The number of amides is 1. The van der Waals surface area contributed by atoms with E-state index >= 15 is 0 Å². The maximum absolute atomic E-state index is 13.6. The molecule has 2 heterocycles. The van der Waals surface area contributed by atoms with Crippen LogP contribution in [0.15, 0.2) is 48.8 Å². The molecule has 1 aliphatic heterocycles. The number of benzene rings is 2. The van der Waals surface area contributed by atoms with E-state index in [0.29, 0.717) is 40.5 Å². The van der Waals surface area contributed by atoms with E-state index in [2.05, 4.69) is 25.5 Å². The fraction of sp³-hybridized carbons (Fsp3) is 0.320. The average Bonchev–Trinajstić information content (AvgIpc) is 2.85. The van der Waals surface area contributed by atoms with Crippen molar-refractivity contribution >= 4 is 45.6 Å². The monoisotopic (exact) mass is 499 g/mol. The number of hydrogen-bond acceptors (Lipinski definition) is 7. The minimum absolute atomic E-state index is 0.000400. The van der Waals surface area contributed by atoms with Crippen molar-refractivity contribution in [1.29, 1.82) is 0 Å². The summed E-state index contributed by atoms with van der Waals surface area (Å²) >= 11 is 5.91. The molecule has 10 heteroatoms. The maximum atomic E-state index is 13.6. The van der Waals surface area contributed by atoms with Crippen molar-refractivity contribution in [3.05, 3.63) is 59.7 Å². The first-order valence-corrected chi connectivity index (χ1v) is 11.8. The van der Waals surface area contributed by atoms with Gasteiger partial charge in [-0.1, -0.05) is 17.7 Å². The van der Waals surface area contributed by atoms with Crippen LogP contribution >= 0.6 is 11.6 Å². The second kappa shape index (κ2) is 11.9. The molecule has 1 saturated heterocycles. The molecule has 4 rings (SSSR count). The van der Waals surface area contributed by atoms with E-state index in [-0.39, 0.29) is 10.9 Å². The minimum atomic E-state index is -0.505. The Morgan fingerprint density at radius 3 is 2.86 bits per heavy atom. The Kier molecular flexibility index (Phi) is 8.46. The second-order valence-electron chi connectivity index (χ2n) is 7.99. The molecule has 1 fully saturated rings. The quantitative estimate of drug-likeness (QED) is 0.323. The Balaban J connectivity index is 1.57. The van der Waals surface area contributed by atoms with Crippen LogP contribution in [0.25, 0.3) is 10.9 Å². The fourth-order valence-corrected chi connectivity index (χ4v) is 3.91. The van der Waals surface area contributed by atoms with Gasteiger partial charge < -0.3 is 20.1 Å². The normalized spacial score (nSPS) is 14.4. The maximum Gasteiger partial charge on any atom is 0.248 e. The summed E-state index contributed by atoms with van der Waals surface area (Å²) in [6.45, 7) is 6.53. The number of allylic oxidation sites excluding steroid dienone is 1. The molecule has 0 spiro atoms. The number of ether oxygens (including phenoxy) is 2. The first-order valence-electron chi connectivity index (χ1n) is 11.4. The molecular formula is C25H27ClFN5O3. The highest BCUT2D eigenvalue weighted by molar-refractivity contribution is 6.31. The fourth-order valence-electron chi connectivity index (χ4n) is 3.73. The lowest BCUT2D eigenvalue weighted by atomic mass is 10.1. The van der Waals surface area contributed by atoms with Crippen LogP contribution in [0.4, 0.5) is 21.6 Å². The predicted octanol–water partition coefficient (Wildman–Crippen LogP) is 4.78. The van der Waals surface area contributed by atoms with Gasteiger partial charge in [0.2, 0.25) is 5.91 Å². The standard InChI is InChI=1S/C25H27ClFN5O3/c1-2-4-24(33)31-22-14-18-21(15-23(22)35-10-3-7-32-8-11-34-12-9-32)28-16-29-25(18)30-17-5-6-20(27)19(26)13-17/h2,4-6,13-16H,3,7-12H2,1H3,(H,31,33)(H,28,29,30). The van der Waals surface area contributed by atoms with Gasteiger partial charge in [0, 0.05) is 36.8 Å². The van der Waals surface area contributed by atoms with Crippen LogP contribution in [0, 0.1) is 5.82 Å². The Morgan fingerprint density at radius 2 is 2.09 bits per heavy atom. The van der Waals surface area contributed by atoms with Gasteiger partial charge in [-0.05, 0) is 43.7 Å². The van der Waals surface area contributed by atoms with Crippen LogP contribution in [-0.2, 0) is 9.53 Å². The zero-order valence-corrected chi connectivity index (χ0v) is 20.1. The number of rotatable bonds is 9. The number of halogens is 2. The van der Waals surface area contributed by atoms with E-state index in [9.17, 15) is 9.18 Å². The van der Waals surface area contributed by atoms with E-state index in [1.165, 1.54) is 24.5 Å². The molecule has 0 saturated carbocycles. The number of fused-ring (bicyclic) bond motifs is 1. The summed E-state index contributed by atoms with van der Waals surface area (Å²) in [6.07, 6.45) is 5.36. The van der Waals surface area contributed by atoms with Crippen molar-refractivity contribution in [3.63, 3.8) is 0 Å². The van der Waals surface area contributed by atoms with Crippen LogP contribution in [0.5, 0.6) is 5.75 Å². The molecule has 8 nitrogen and oxygen atoms in total. The predicted molar refractivity (Wildman–Crippen MR) is 135 cm³/mol. The molecule has 2 N–H and O–H groups in total. The lowest BCUT2D eigenvalue weighted by molar-refractivity contribution is -0.111. The Bertz CT molecular complexity index is 1220. The average molecular weight is 500 g/mol. The van der Waals surface area contributed by atoms with E-state index in [0.717, 1.165) is 39.3 Å². The van der Waals surface area contributed by atoms with Gasteiger partial charge in [0.25, 0.3) is 0 Å².